The number of nitrogens with one attached hydrogen (secondary N) is 2. The molecule has 3 heterocycles. The molecule has 2 unspecified atom stereocenters. The number of amides is 1. The Kier molecular flexibility index (Phi) is 10.5. The van der Waals surface area contributed by atoms with Crippen LogP contribution >= 0.6 is 0 Å². The van der Waals surface area contributed by atoms with Crippen molar-refractivity contribution in [3.8, 4) is 28.4 Å². The van der Waals surface area contributed by atoms with E-state index >= 15 is 0 Å². The van der Waals surface area contributed by atoms with Crippen molar-refractivity contribution in [3.63, 3.8) is 0 Å². The number of hydrogen-bond acceptors (Lipinski definition) is 8. The third kappa shape index (κ3) is 8.04. The summed E-state index contributed by atoms with van der Waals surface area (Å²) >= 11 is 0. The molecule has 3 atom stereocenters. The van der Waals surface area contributed by atoms with Crippen molar-refractivity contribution in [3.05, 3.63) is 106 Å². The molecular formula is C42H47N3O6. The molecule has 0 radical (unpaired) electrons. The monoisotopic (exact) mass is 689 g/mol. The van der Waals surface area contributed by atoms with Gasteiger partial charge in [0.15, 0.2) is 17.6 Å². The maximum Gasteiger partial charge on any atom is 0.328 e. The van der Waals surface area contributed by atoms with Crippen LogP contribution in [-0.4, -0.2) is 49.3 Å². The highest BCUT2D eigenvalue weighted by atomic mass is 16.6. The van der Waals surface area contributed by atoms with Gasteiger partial charge in [0.05, 0.1) is 19.8 Å². The number of methoxy groups -OCH3 is 1. The second-order valence-corrected chi connectivity index (χ2v) is 14.1. The van der Waals surface area contributed by atoms with Gasteiger partial charge in [-0.2, -0.15) is 0 Å². The van der Waals surface area contributed by atoms with Crippen LogP contribution in [0.5, 0.6) is 17.2 Å². The van der Waals surface area contributed by atoms with Crippen molar-refractivity contribution in [1.29, 1.82) is 0 Å². The number of nitrogens with zero attached hydrogens (tertiary/aromatic N) is 1. The van der Waals surface area contributed by atoms with Gasteiger partial charge in [0.2, 0.25) is 5.91 Å². The first-order valence-corrected chi connectivity index (χ1v) is 18.2. The Hall–Kier alpha value is -4.89. The lowest BCUT2D eigenvalue weighted by Gasteiger charge is -2.31. The molecule has 0 spiro atoms. The maximum atomic E-state index is 13.5. The molecule has 1 fully saturated rings. The normalized spacial score (nSPS) is 19.0. The molecule has 1 aromatic heterocycles. The highest BCUT2D eigenvalue weighted by molar-refractivity contribution is 5.88. The van der Waals surface area contributed by atoms with E-state index in [4.69, 9.17) is 18.9 Å². The number of aryl methyl sites for hydroxylation is 1. The fourth-order valence-electron chi connectivity index (χ4n) is 7.39. The van der Waals surface area contributed by atoms with Crippen LogP contribution in [0.15, 0.2) is 72.9 Å². The quantitative estimate of drug-likeness (QED) is 0.176. The van der Waals surface area contributed by atoms with Crippen molar-refractivity contribution in [1.82, 2.24) is 15.6 Å². The van der Waals surface area contributed by atoms with Crippen LogP contribution in [0, 0.1) is 19.8 Å². The molecule has 1 saturated carbocycles. The van der Waals surface area contributed by atoms with E-state index in [1.54, 1.807) is 0 Å². The average Bonchev–Trinajstić information content (AvgIpc) is 3.17. The van der Waals surface area contributed by atoms with E-state index in [1.807, 2.05) is 67.7 Å². The van der Waals surface area contributed by atoms with Gasteiger partial charge in [-0.3, -0.25) is 9.78 Å². The van der Waals surface area contributed by atoms with Gasteiger partial charge < -0.3 is 29.6 Å². The predicted molar refractivity (Wildman–Crippen MR) is 195 cm³/mol. The van der Waals surface area contributed by atoms with Crippen LogP contribution in [0.25, 0.3) is 11.1 Å². The van der Waals surface area contributed by atoms with Crippen LogP contribution in [0.2, 0.25) is 0 Å². The Morgan fingerprint density at radius 3 is 2.49 bits per heavy atom. The van der Waals surface area contributed by atoms with E-state index in [0.717, 1.165) is 57.0 Å². The van der Waals surface area contributed by atoms with Gasteiger partial charge >= 0.3 is 5.97 Å². The molecule has 9 nitrogen and oxygen atoms in total. The Balaban J connectivity index is 0.954. The summed E-state index contributed by atoms with van der Waals surface area (Å²) in [5.74, 6) is 2.18. The first-order valence-electron chi connectivity index (χ1n) is 18.2. The number of aromatic nitrogens is 1. The number of fused-ring (bicyclic) bond motifs is 2. The number of pyridine rings is 1. The largest absolute Gasteiger partial charge is 0.493 e. The highest BCUT2D eigenvalue weighted by Crippen LogP contribution is 2.40. The minimum atomic E-state index is -0.823. The second kappa shape index (κ2) is 15.6. The van der Waals surface area contributed by atoms with Crippen molar-refractivity contribution >= 4 is 11.9 Å². The van der Waals surface area contributed by atoms with Gasteiger partial charge in [0, 0.05) is 24.9 Å². The lowest BCUT2D eigenvalue weighted by atomic mass is 9.90. The summed E-state index contributed by atoms with van der Waals surface area (Å²) in [7, 11) is 1.34. The van der Waals surface area contributed by atoms with Gasteiger partial charge in [-0.15, -0.1) is 0 Å². The Morgan fingerprint density at radius 1 is 0.961 bits per heavy atom. The van der Waals surface area contributed by atoms with Gasteiger partial charge in [0.25, 0.3) is 0 Å². The number of rotatable bonds is 10. The summed E-state index contributed by atoms with van der Waals surface area (Å²) < 4.78 is 23.8. The molecule has 1 aliphatic carbocycles. The van der Waals surface area contributed by atoms with E-state index in [9.17, 15) is 9.59 Å². The van der Waals surface area contributed by atoms with Gasteiger partial charge in [-0.1, -0.05) is 55.7 Å². The van der Waals surface area contributed by atoms with Crippen molar-refractivity contribution in [2.24, 2.45) is 5.92 Å². The van der Waals surface area contributed by atoms with Crippen LogP contribution < -0.4 is 24.8 Å². The summed E-state index contributed by atoms with van der Waals surface area (Å²) in [6.45, 7) is 5.72. The zero-order valence-electron chi connectivity index (χ0n) is 29.7. The SMILES string of the molecule is COC(=O)[C@H](Cc1ccc(-c2ccnc(C)c2C)cc1)NC(=O)C1Cc2cc3c(cc2CN1)OC(c1ccc(OCC2CCCCC2)cc1)CO3. The minimum absolute atomic E-state index is 0.228. The summed E-state index contributed by atoms with van der Waals surface area (Å²) in [4.78, 5) is 30.7. The molecule has 9 heteroatoms. The number of esters is 1. The van der Waals surface area contributed by atoms with Crippen LogP contribution in [0.3, 0.4) is 0 Å². The van der Waals surface area contributed by atoms with Gasteiger partial charge in [-0.05, 0) is 108 Å². The molecular weight excluding hydrogens is 642 g/mol. The summed E-state index contributed by atoms with van der Waals surface area (Å²) in [5.41, 5.74) is 8.33. The summed E-state index contributed by atoms with van der Waals surface area (Å²) in [6, 6.07) is 20.8. The topological polar surface area (TPSA) is 108 Å². The number of carbonyl (C=O) groups is 2. The summed E-state index contributed by atoms with van der Waals surface area (Å²) in [6.07, 6.45) is 8.84. The summed E-state index contributed by atoms with van der Waals surface area (Å²) in [5, 5.41) is 6.29. The van der Waals surface area contributed by atoms with E-state index in [-0.39, 0.29) is 12.0 Å². The van der Waals surface area contributed by atoms with Crippen molar-refractivity contribution in [2.75, 3.05) is 20.3 Å². The number of carbonyl (C=O) groups excluding carboxylic acids is 2. The molecule has 266 valence electrons. The third-order valence-electron chi connectivity index (χ3n) is 10.6. The molecule has 0 saturated heterocycles. The highest BCUT2D eigenvalue weighted by Gasteiger charge is 2.31. The molecule has 1 amide bonds. The van der Waals surface area contributed by atoms with E-state index in [2.05, 4.69) is 34.7 Å². The number of benzene rings is 3. The molecule has 2 N–H and O–H groups in total. The Bertz CT molecular complexity index is 1850. The molecule has 2 aliphatic heterocycles. The van der Waals surface area contributed by atoms with Gasteiger partial charge in [0.1, 0.15) is 18.4 Å². The van der Waals surface area contributed by atoms with E-state index in [1.165, 1.54) is 39.2 Å². The number of hydrogen-bond donors (Lipinski definition) is 2. The second-order valence-electron chi connectivity index (χ2n) is 14.1. The Labute approximate surface area is 300 Å². The minimum Gasteiger partial charge on any atom is -0.493 e. The predicted octanol–water partition coefficient (Wildman–Crippen LogP) is 6.75. The lowest BCUT2D eigenvalue weighted by molar-refractivity contribution is -0.145. The molecule has 3 aliphatic rings. The van der Waals surface area contributed by atoms with Crippen molar-refractivity contribution < 1.29 is 28.5 Å². The molecule has 0 bridgehead atoms. The Morgan fingerprint density at radius 2 is 1.73 bits per heavy atom. The molecule has 51 heavy (non-hydrogen) atoms. The molecule has 3 aromatic carbocycles. The first kappa shape index (κ1) is 34.6. The third-order valence-corrected chi connectivity index (χ3v) is 10.6. The fourth-order valence-corrected chi connectivity index (χ4v) is 7.39. The van der Waals surface area contributed by atoms with E-state index < -0.39 is 18.1 Å². The molecule has 7 rings (SSSR count). The fraction of sp³-hybridized carbons (Fsp3) is 0.405. The van der Waals surface area contributed by atoms with Crippen molar-refractivity contribution in [2.45, 2.75) is 83.5 Å². The smallest absolute Gasteiger partial charge is 0.328 e. The molecule has 4 aromatic rings. The first-order chi connectivity index (χ1) is 24.8. The van der Waals surface area contributed by atoms with Crippen LogP contribution in [0.1, 0.15) is 71.7 Å². The zero-order valence-corrected chi connectivity index (χ0v) is 29.7. The van der Waals surface area contributed by atoms with Crippen LogP contribution in [0.4, 0.5) is 0 Å². The number of ether oxygens (including phenoxy) is 4. The van der Waals surface area contributed by atoms with E-state index in [0.29, 0.717) is 43.4 Å². The zero-order chi connectivity index (χ0) is 35.3. The van der Waals surface area contributed by atoms with Crippen LogP contribution in [-0.2, 0) is 33.7 Å². The van der Waals surface area contributed by atoms with Gasteiger partial charge in [-0.25, -0.2) is 4.79 Å². The maximum absolute atomic E-state index is 13.5. The average molecular weight is 690 g/mol. The standard InChI is InChI=1S/C42H47N3O6/c1-26-27(2)43-18-17-35(26)30-11-9-28(10-12-30)19-37(42(47)48-3)45-41(46)36-20-32-21-38-39(22-33(32)23-44-36)51-40(25-50-38)31-13-15-34(16-14-31)49-24-29-7-5-4-6-8-29/h9-18,21-22,29,36-37,40,44H,4-8,19-20,23-25H2,1-3H3,(H,45,46)/t36?,37-,40?/m0/s1. The lowest BCUT2D eigenvalue weighted by Crippen LogP contribution is -2.53.